The summed E-state index contributed by atoms with van der Waals surface area (Å²) in [6, 6.07) is 16.8. The van der Waals surface area contributed by atoms with Crippen molar-refractivity contribution in [2.24, 2.45) is 11.8 Å². The van der Waals surface area contributed by atoms with Gasteiger partial charge in [0.2, 0.25) is 17.7 Å². The number of hydrogen-bond acceptors (Lipinski definition) is 6. The Labute approximate surface area is 240 Å². The molecule has 3 fully saturated rings. The molecule has 0 saturated carbocycles. The molecule has 2 aromatic rings. The van der Waals surface area contributed by atoms with Crippen LogP contribution in [-0.2, 0) is 20.9 Å². The predicted molar refractivity (Wildman–Crippen MR) is 159 cm³/mol. The number of rotatable bonds is 11. The molecular weight excluding hydrogens is 524 g/mol. The number of nitrogens with one attached hydrogen (secondary N) is 2. The number of thioether (sulfide) groups is 1. The maximum Gasteiger partial charge on any atom is 0.248 e. The second-order valence-corrected chi connectivity index (χ2v) is 13.1. The number of carbonyl (C=O) groups is 3. The third-order valence-corrected chi connectivity index (χ3v) is 10.9. The molecule has 3 saturated heterocycles. The number of likely N-dealkylation sites (tertiary alicyclic amines) is 1. The maximum atomic E-state index is 14.0. The molecule has 3 aliphatic heterocycles. The number of fused-ring (bicyclic) bond motifs is 1. The Morgan fingerprint density at radius 1 is 1.05 bits per heavy atom. The van der Waals surface area contributed by atoms with Crippen molar-refractivity contribution < 1.29 is 19.5 Å². The van der Waals surface area contributed by atoms with Gasteiger partial charge in [-0.1, -0.05) is 30.3 Å². The number of benzene rings is 2. The summed E-state index contributed by atoms with van der Waals surface area (Å²) in [5, 5.41) is 15.7. The summed E-state index contributed by atoms with van der Waals surface area (Å²) in [6.07, 6.45) is 1.84. The summed E-state index contributed by atoms with van der Waals surface area (Å²) < 4.78 is -1.10. The number of nitrogens with zero attached hydrogens (tertiary/aromatic N) is 2. The van der Waals surface area contributed by atoms with Crippen LogP contribution in [0.25, 0.3) is 0 Å². The molecule has 9 heteroatoms. The molecular formula is C31H40N4O4S. The lowest BCUT2D eigenvalue weighted by Crippen LogP contribution is -2.52. The first-order valence-corrected chi connectivity index (χ1v) is 15.2. The van der Waals surface area contributed by atoms with E-state index in [2.05, 4.69) is 36.3 Å². The van der Waals surface area contributed by atoms with E-state index in [1.165, 1.54) is 0 Å². The van der Waals surface area contributed by atoms with Crippen molar-refractivity contribution in [3.05, 3.63) is 60.2 Å². The van der Waals surface area contributed by atoms with Gasteiger partial charge in [-0.2, -0.15) is 0 Å². The van der Waals surface area contributed by atoms with Crippen LogP contribution < -0.4 is 15.5 Å². The van der Waals surface area contributed by atoms with Crippen molar-refractivity contribution in [3.8, 4) is 0 Å². The fraction of sp³-hybridized carbons (Fsp3) is 0.516. The van der Waals surface area contributed by atoms with Crippen LogP contribution in [0.1, 0.15) is 45.6 Å². The minimum absolute atomic E-state index is 0.0749. The molecule has 3 amide bonds. The van der Waals surface area contributed by atoms with Crippen LogP contribution >= 0.6 is 11.8 Å². The Morgan fingerprint density at radius 3 is 2.40 bits per heavy atom. The quantitative estimate of drug-likeness (QED) is 0.385. The number of aliphatic hydroxyl groups is 1. The van der Waals surface area contributed by atoms with Gasteiger partial charge in [0.1, 0.15) is 6.04 Å². The summed E-state index contributed by atoms with van der Waals surface area (Å²) in [5.41, 5.74) is 2.76. The second kappa shape index (κ2) is 11.4. The maximum absolute atomic E-state index is 14.0. The van der Waals surface area contributed by atoms with Crippen LogP contribution in [0.15, 0.2) is 54.6 Å². The molecule has 8 nitrogen and oxygen atoms in total. The highest BCUT2D eigenvalue weighted by Crippen LogP contribution is 2.71. The van der Waals surface area contributed by atoms with E-state index >= 15 is 0 Å². The van der Waals surface area contributed by atoms with Crippen molar-refractivity contribution in [1.29, 1.82) is 0 Å². The molecule has 2 unspecified atom stereocenters. The lowest BCUT2D eigenvalue weighted by atomic mass is 9.66. The van der Waals surface area contributed by atoms with E-state index in [4.69, 9.17) is 0 Å². The summed E-state index contributed by atoms with van der Waals surface area (Å²) in [6.45, 7) is 8.68. The van der Waals surface area contributed by atoms with Gasteiger partial charge in [0.15, 0.2) is 0 Å². The van der Waals surface area contributed by atoms with Crippen LogP contribution in [0.4, 0.5) is 11.4 Å². The first-order valence-electron chi connectivity index (χ1n) is 14.4. The molecule has 40 heavy (non-hydrogen) atoms. The molecule has 3 aliphatic rings. The second-order valence-electron chi connectivity index (χ2n) is 11.2. The molecule has 0 aromatic heterocycles. The minimum Gasteiger partial charge on any atom is -0.396 e. The van der Waals surface area contributed by atoms with E-state index < -0.39 is 27.4 Å². The molecule has 0 aliphatic carbocycles. The predicted octanol–water partition coefficient (Wildman–Crippen LogP) is 3.65. The van der Waals surface area contributed by atoms with E-state index in [0.717, 1.165) is 30.8 Å². The Kier molecular flexibility index (Phi) is 8.15. The van der Waals surface area contributed by atoms with E-state index in [-0.39, 0.29) is 30.9 Å². The van der Waals surface area contributed by atoms with Gasteiger partial charge in [-0.05, 0) is 69.9 Å². The smallest absolute Gasteiger partial charge is 0.248 e. The largest absolute Gasteiger partial charge is 0.396 e. The summed E-state index contributed by atoms with van der Waals surface area (Å²) in [4.78, 5) is 45.6. The zero-order valence-corrected chi connectivity index (χ0v) is 24.4. The highest BCUT2D eigenvalue weighted by atomic mass is 32.2. The lowest BCUT2D eigenvalue weighted by Gasteiger charge is -2.35. The highest BCUT2D eigenvalue weighted by Gasteiger charge is 2.77. The highest BCUT2D eigenvalue weighted by molar-refractivity contribution is 8.02. The minimum atomic E-state index is -0.710. The van der Waals surface area contributed by atoms with Gasteiger partial charge in [0, 0.05) is 48.9 Å². The van der Waals surface area contributed by atoms with Crippen LogP contribution in [0.2, 0.25) is 0 Å². The molecule has 5 atom stereocenters. The van der Waals surface area contributed by atoms with Crippen molar-refractivity contribution >= 4 is 40.9 Å². The normalized spacial score (nSPS) is 28.4. The fourth-order valence-electron chi connectivity index (χ4n) is 7.06. The van der Waals surface area contributed by atoms with E-state index in [9.17, 15) is 19.5 Å². The van der Waals surface area contributed by atoms with Gasteiger partial charge in [-0.25, -0.2) is 0 Å². The molecule has 2 aromatic carbocycles. The Balaban J connectivity index is 1.40. The first-order chi connectivity index (χ1) is 19.3. The van der Waals surface area contributed by atoms with Crippen LogP contribution in [0.5, 0.6) is 0 Å². The Bertz CT molecular complexity index is 1240. The summed E-state index contributed by atoms with van der Waals surface area (Å²) in [7, 11) is 0. The summed E-state index contributed by atoms with van der Waals surface area (Å²) in [5.74, 6) is -1.61. The van der Waals surface area contributed by atoms with E-state index in [0.29, 0.717) is 25.1 Å². The monoisotopic (exact) mass is 564 g/mol. The van der Waals surface area contributed by atoms with Crippen molar-refractivity contribution in [2.75, 3.05) is 36.5 Å². The van der Waals surface area contributed by atoms with Gasteiger partial charge in [-0.15, -0.1) is 11.8 Å². The topological polar surface area (TPSA) is 102 Å². The molecule has 3 heterocycles. The molecule has 0 radical (unpaired) electrons. The zero-order valence-electron chi connectivity index (χ0n) is 23.6. The van der Waals surface area contributed by atoms with Crippen LogP contribution in [-0.4, -0.2) is 69.5 Å². The molecule has 3 N–H and O–H groups in total. The lowest BCUT2D eigenvalue weighted by molar-refractivity contribution is -0.140. The van der Waals surface area contributed by atoms with E-state index in [1.807, 2.05) is 54.6 Å². The van der Waals surface area contributed by atoms with Crippen LogP contribution in [0.3, 0.4) is 0 Å². The van der Waals surface area contributed by atoms with Crippen LogP contribution in [0, 0.1) is 11.8 Å². The average molecular weight is 565 g/mol. The summed E-state index contributed by atoms with van der Waals surface area (Å²) >= 11 is 1.66. The Morgan fingerprint density at radius 2 is 1.75 bits per heavy atom. The number of carbonyl (C=O) groups excluding carboxylic acids is 3. The third-order valence-electron chi connectivity index (χ3n) is 8.94. The number of amides is 3. The molecule has 5 rings (SSSR count). The first kappa shape index (κ1) is 28.5. The van der Waals surface area contributed by atoms with Crippen molar-refractivity contribution in [1.82, 2.24) is 10.2 Å². The Hall–Kier alpha value is -3.04. The van der Waals surface area contributed by atoms with E-state index in [1.54, 1.807) is 16.7 Å². The molecule has 1 spiro atoms. The van der Waals surface area contributed by atoms with Gasteiger partial charge in [0.25, 0.3) is 0 Å². The zero-order chi connectivity index (χ0) is 28.5. The molecule has 2 bridgehead atoms. The molecule has 214 valence electrons. The standard InChI is InChI=1S/C31H40N4O4S/c1-4-34(5-2)23-14-12-22(13-15-23)33-28(38)26-31-17-16-30(3,40-31)24(25(31)29(39)35(26)18-9-19-36)27(37)32-20-21-10-7-6-8-11-21/h6-8,10-15,24-26,36H,4-5,9,16-20H2,1-3H3,(H,32,37)(H,33,38)/t24-,25-,26?,30+,31?/m0/s1. The van der Waals surface area contributed by atoms with Gasteiger partial charge in [-0.3, -0.25) is 14.4 Å². The van der Waals surface area contributed by atoms with Crippen molar-refractivity contribution in [3.63, 3.8) is 0 Å². The number of anilines is 2. The number of aliphatic hydroxyl groups excluding tert-OH is 1. The SMILES string of the molecule is CCN(CC)c1ccc(NC(=O)C2N(CCCO)C(=O)[C@@H]3[C@@H](C(=O)NCc4ccccc4)[C@@]4(C)CCC23S4)cc1. The van der Waals surface area contributed by atoms with Crippen molar-refractivity contribution in [2.45, 2.75) is 62.1 Å². The third kappa shape index (κ3) is 4.87. The van der Waals surface area contributed by atoms with Gasteiger partial charge >= 0.3 is 0 Å². The average Bonchev–Trinajstić information content (AvgIpc) is 3.53. The van der Waals surface area contributed by atoms with Gasteiger partial charge < -0.3 is 25.5 Å². The number of hydrogen-bond donors (Lipinski definition) is 3. The van der Waals surface area contributed by atoms with Gasteiger partial charge in [0.05, 0.1) is 16.6 Å². The fourth-order valence-corrected chi connectivity index (χ4v) is 9.41.